The molecule has 0 aliphatic carbocycles. The number of amides is 1. The number of carbonyl (C=O) groups is 1. The molecule has 1 unspecified atom stereocenters. The van der Waals surface area contributed by atoms with Crippen molar-refractivity contribution in [2.24, 2.45) is 5.73 Å². The molecule has 3 aromatic rings. The third-order valence-electron chi connectivity index (χ3n) is 6.16. The van der Waals surface area contributed by atoms with Crippen LogP contribution >= 0.6 is 0 Å². The second-order valence-electron chi connectivity index (χ2n) is 8.35. The van der Waals surface area contributed by atoms with E-state index in [0.29, 0.717) is 25.1 Å². The summed E-state index contributed by atoms with van der Waals surface area (Å²) in [5.74, 6) is 0.349. The number of methoxy groups -OCH3 is 1. The van der Waals surface area contributed by atoms with Gasteiger partial charge in [-0.1, -0.05) is 66.7 Å². The summed E-state index contributed by atoms with van der Waals surface area (Å²) in [6.45, 7) is 0.641. The molecule has 0 spiro atoms. The van der Waals surface area contributed by atoms with Crippen LogP contribution in [0.25, 0.3) is 0 Å². The maximum Gasteiger partial charge on any atom is 0.254 e. The van der Waals surface area contributed by atoms with Gasteiger partial charge >= 0.3 is 0 Å². The van der Waals surface area contributed by atoms with Crippen molar-refractivity contribution in [1.29, 1.82) is 0 Å². The summed E-state index contributed by atoms with van der Waals surface area (Å²) in [6.07, 6.45) is 0.460. The minimum Gasteiger partial charge on any atom is -0.497 e. The van der Waals surface area contributed by atoms with E-state index >= 15 is 0 Å². The fourth-order valence-electron chi connectivity index (χ4n) is 4.37. The van der Waals surface area contributed by atoms with Crippen LogP contribution in [0.5, 0.6) is 5.75 Å². The molecule has 1 aliphatic rings. The zero-order chi connectivity index (χ0) is 24.9. The van der Waals surface area contributed by atoms with E-state index in [-0.39, 0.29) is 17.3 Å². The Morgan fingerprint density at radius 1 is 0.971 bits per heavy atom. The topological polar surface area (TPSA) is 114 Å². The summed E-state index contributed by atoms with van der Waals surface area (Å²) >= 11 is 0. The van der Waals surface area contributed by atoms with Crippen LogP contribution in [0.3, 0.4) is 0 Å². The Balaban J connectivity index is 1.41. The van der Waals surface area contributed by atoms with Crippen molar-refractivity contribution in [3.8, 4) is 5.75 Å². The van der Waals surface area contributed by atoms with Crippen LogP contribution in [0.15, 0.2) is 89.8 Å². The first-order valence-corrected chi connectivity index (χ1v) is 13.0. The summed E-state index contributed by atoms with van der Waals surface area (Å²) < 4.78 is 32.8. The van der Waals surface area contributed by atoms with E-state index in [4.69, 9.17) is 10.5 Å². The first-order valence-electron chi connectivity index (χ1n) is 11.5. The number of rotatable bonds is 10. The summed E-state index contributed by atoms with van der Waals surface area (Å²) in [5, 5.41) is 3.33. The molecule has 0 radical (unpaired) electrons. The lowest BCUT2D eigenvalue weighted by Gasteiger charge is -2.28. The van der Waals surface area contributed by atoms with Gasteiger partial charge in [0.15, 0.2) is 5.54 Å². The van der Waals surface area contributed by atoms with Crippen molar-refractivity contribution in [1.82, 2.24) is 14.9 Å². The molecular formula is C26H30N4O4S. The molecule has 0 aromatic heterocycles. The van der Waals surface area contributed by atoms with Gasteiger partial charge in [-0.3, -0.25) is 15.8 Å². The van der Waals surface area contributed by atoms with Crippen molar-refractivity contribution in [3.05, 3.63) is 96.1 Å². The molecule has 1 heterocycles. The number of nitrogens with one attached hydrogen (secondary N) is 2. The maximum atomic E-state index is 13.8. The van der Waals surface area contributed by atoms with Crippen LogP contribution in [-0.4, -0.2) is 45.7 Å². The lowest BCUT2D eigenvalue weighted by molar-refractivity contribution is -0.132. The highest BCUT2D eigenvalue weighted by atomic mass is 32.2. The van der Waals surface area contributed by atoms with E-state index in [1.807, 2.05) is 60.7 Å². The third-order valence-corrected chi connectivity index (χ3v) is 7.62. The van der Waals surface area contributed by atoms with E-state index in [1.165, 1.54) is 19.2 Å². The van der Waals surface area contributed by atoms with Crippen molar-refractivity contribution in [3.63, 3.8) is 0 Å². The highest BCUT2D eigenvalue weighted by molar-refractivity contribution is 7.89. The second kappa shape index (κ2) is 10.6. The normalized spacial score (nSPS) is 17.5. The van der Waals surface area contributed by atoms with E-state index in [2.05, 4.69) is 10.0 Å². The molecule has 1 saturated heterocycles. The predicted molar refractivity (Wildman–Crippen MR) is 134 cm³/mol. The van der Waals surface area contributed by atoms with Crippen molar-refractivity contribution in [2.45, 2.75) is 29.6 Å². The van der Waals surface area contributed by atoms with Gasteiger partial charge < -0.3 is 9.64 Å². The Hall–Kier alpha value is -3.24. The summed E-state index contributed by atoms with van der Waals surface area (Å²) in [4.78, 5) is 15.5. The highest BCUT2D eigenvalue weighted by Gasteiger charge is 2.52. The van der Waals surface area contributed by atoms with Crippen molar-refractivity contribution in [2.75, 3.05) is 20.2 Å². The molecule has 0 saturated carbocycles. The van der Waals surface area contributed by atoms with E-state index in [1.54, 1.807) is 17.0 Å². The molecule has 184 valence electrons. The molecule has 1 amide bonds. The largest absolute Gasteiger partial charge is 0.497 e. The predicted octanol–water partition coefficient (Wildman–Crippen LogP) is 2.37. The van der Waals surface area contributed by atoms with Gasteiger partial charge in [0.25, 0.3) is 5.91 Å². The fourth-order valence-corrected chi connectivity index (χ4v) is 5.47. The zero-order valence-electron chi connectivity index (χ0n) is 19.6. The Kier molecular flexibility index (Phi) is 7.51. The van der Waals surface area contributed by atoms with Gasteiger partial charge in [-0.2, -0.15) is 0 Å². The number of hydrogen-bond donors (Lipinski definition) is 3. The first-order chi connectivity index (χ1) is 16.9. The lowest BCUT2D eigenvalue weighted by Crippen LogP contribution is -2.48. The maximum absolute atomic E-state index is 13.8. The molecular weight excluding hydrogens is 464 g/mol. The van der Waals surface area contributed by atoms with Gasteiger partial charge in [-0.25, -0.2) is 13.1 Å². The summed E-state index contributed by atoms with van der Waals surface area (Å²) in [5.41, 5.74) is 6.94. The van der Waals surface area contributed by atoms with Gasteiger partial charge in [0.05, 0.1) is 12.0 Å². The van der Waals surface area contributed by atoms with Gasteiger partial charge in [0.2, 0.25) is 10.0 Å². The Bertz CT molecular complexity index is 1210. The number of nitrogens with zero attached hydrogens (tertiary/aromatic N) is 1. The molecule has 1 atom stereocenters. The van der Waals surface area contributed by atoms with Crippen LogP contribution in [0.4, 0.5) is 0 Å². The average Bonchev–Trinajstić information content (AvgIpc) is 3.15. The van der Waals surface area contributed by atoms with Crippen LogP contribution in [-0.2, 0) is 20.4 Å². The average molecular weight is 495 g/mol. The number of nitrogens with two attached hydrogens (primary N) is 1. The summed E-state index contributed by atoms with van der Waals surface area (Å²) in [7, 11) is -2.16. The van der Waals surface area contributed by atoms with E-state index in [9.17, 15) is 13.2 Å². The first kappa shape index (κ1) is 24.9. The standard InChI is InChI=1S/C26H30N4O4S/c1-34-22-15-10-16-23(19-22)35(32,33)28-17-8-9-18-30-24(31)26(29-25(30)27,20-11-4-2-5-12-20)21-13-6-3-7-14-21/h2-7,10-16,19,25,28-29H,8-9,17-18,27H2,1H3. The number of hydrogen-bond acceptors (Lipinski definition) is 6. The SMILES string of the molecule is COc1cccc(S(=O)(=O)NCCCCN2C(=O)C(c3ccccc3)(c3ccccc3)NC2N)c1. The number of sulfonamides is 1. The molecule has 3 aromatic carbocycles. The van der Waals surface area contributed by atoms with Crippen LogP contribution < -0.4 is 20.5 Å². The van der Waals surface area contributed by atoms with Gasteiger partial charge in [-0.05, 0) is 36.1 Å². The van der Waals surface area contributed by atoms with E-state index < -0.39 is 21.9 Å². The lowest BCUT2D eigenvalue weighted by atomic mass is 9.82. The Morgan fingerprint density at radius 3 is 2.20 bits per heavy atom. The monoisotopic (exact) mass is 494 g/mol. The molecule has 8 nitrogen and oxygen atoms in total. The molecule has 1 aliphatic heterocycles. The molecule has 4 rings (SSSR count). The second-order valence-corrected chi connectivity index (χ2v) is 10.1. The number of ether oxygens (including phenoxy) is 1. The quantitative estimate of drug-likeness (QED) is 0.373. The number of benzene rings is 3. The van der Waals surface area contributed by atoms with Crippen LogP contribution in [0.2, 0.25) is 0 Å². The molecule has 9 heteroatoms. The van der Waals surface area contributed by atoms with Gasteiger partial charge in [0.1, 0.15) is 12.0 Å². The Labute approximate surface area is 206 Å². The Morgan fingerprint density at radius 2 is 1.60 bits per heavy atom. The summed E-state index contributed by atoms with van der Waals surface area (Å²) in [6, 6.07) is 25.4. The minimum atomic E-state index is -3.65. The molecule has 1 fully saturated rings. The smallest absolute Gasteiger partial charge is 0.254 e. The number of carbonyl (C=O) groups excluding carboxylic acids is 1. The minimum absolute atomic E-state index is 0.126. The van der Waals surface area contributed by atoms with Crippen LogP contribution in [0.1, 0.15) is 24.0 Å². The molecule has 35 heavy (non-hydrogen) atoms. The number of unbranched alkanes of at least 4 members (excludes halogenated alkanes) is 1. The fraction of sp³-hybridized carbons (Fsp3) is 0.269. The molecule has 4 N–H and O–H groups in total. The van der Waals surface area contributed by atoms with E-state index in [0.717, 1.165) is 11.1 Å². The van der Waals surface area contributed by atoms with Crippen LogP contribution in [0, 0.1) is 0 Å². The van der Waals surface area contributed by atoms with Crippen molar-refractivity contribution < 1.29 is 17.9 Å². The van der Waals surface area contributed by atoms with Gasteiger partial charge in [-0.15, -0.1) is 0 Å². The van der Waals surface area contributed by atoms with Crippen molar-refractivity contribution >= 4 is 15.9 Å². The third kappa shape index (κ3) is 5.08. The molecule has 0 bridgehead atoms. The highest BCUT2D eigenvalue weighted by Crippen LogP contribution is 2.36. The zero-order valence-corrected chi connectivity index (χ0v) is 20.4. The van der Waals surface area contributed by atoms with Gasteiger partial charge in [0, 0.05) is 19.2 Å².